The summed E-state index contributed by atoms with van der Waals surface area (Å²) in [6, 6.07) is 5.74. The Morgan fingerprint density at radius 1 is 1.38 bits per heavy atom. The molecular formula is C15H20BrN7O. The number of aliphatic imine (C=N–C) groups is 1. The van der Waals surface area contributed by atoms with E-state index < -0.39 is 0 Å². The third-order valence-electron chi connectivity index (χ3n) is 3.33. The molecular weight excluding hydrogens is 374 g/mol. The maximum atomic E-state index is 12.1. The molecule has 0 aliphatic rings. The molecule has 0 saturated carbocycles. The Morgan fingerprint density at radius 2 is 2.17 bits per heavy atom. The van der Waals surface area contributed by atoms with Crippen molar-refractivity contribution in [3.63, 3.8) is 0 Å². The molecule has 24 heavy (non-hydrogen) atoms. The molecule has 0 saturated heterocycles. The maximum absolute atomic E-state index is 12.1. The van der Waals surface area contributed by atoms with E-state index in [1.807, 2.05) is 32.2 Å². The predicted octanol–water partition coefficient (Wildman–Crippen LogP) is 1.19. The van der Waals surface area contributed by atoms with Crippen LogP contribution in [0.15, 0.2) is 34.0 Å². The zero-order valence-electron chi connectivity index (χ0n) is 13.8. The molecule has 128 valence electrons. The fourth-order valence-corrected chi connectivity index (χ4v) is 2.31. The van der Waals surface area contributed by atoms with Gasteiger partial charge in [-0.25, -0.2) is 4.98 Å². The van der Waals surface area contributed by atoms with Gasteiger partial charge >= 0.3 is 0 Å². The van der Waals surface area contributed by atoms with Gasteiger partial charge in [-0.3, -0.25) is 14.5 Å². The van der Waals surface area contributed by atoms with Gasteiger partial charge in [0.25, 0.3) is 0 Å². The zero-order valence-corrected chi connectivity index (χ0v) is 15.4. The lowest BCUT2D eigenvalue weighted by Crippen LogP contribution is -2.41. The van der Waals surface area contributed by atoms with E-state index in [1.165, 1.54) is 6.33 Å². The van der Waals surface area contributed by atoms with E-state index in [4.69, 9.17) is 0 Å². The number of anilines is 1. The summed E-state index contributed by atoms with van der Waals surface area (Å²) in [4.78, 5) is 20.3. The van der Waals surface area contributed by atoms with Crippen molar-refractivity contribution >= 4 is 33.5 Å². The molecule has 0 unspecified atom stereocenters. The van der Waals surface area contributed by atoms with Crippen LogP contribution in [0.25, 0.3) is 0 Å². The van der Waals surface area contributed by atoms with Crippen molar-refractivity contribution in [3.8, 4) is 0 Å². The first kappa shape index (κ1) is 17.9. The molecule has 0 aliphatic carbocycles. The van der Waals surface area contributed by atoms with E-state index in [1.54, 1.807) is 11.7 Å². The number of amides is 1. The van der Waals surface area contributed by atoms with Crippen molar-refractivity contribution in [2.75, 3.05) is 18.9 Å². The Balaban J connectivity index is 1.83. The molecule has 1 aromatic heterocycles. The van der Waals surface area contributed by atoms with Crippen LogP contribution in [0.1, 0.15) is 11.4 Å². The van der Waals surface area contributed by atoms with Crippen molar-refractivity contribution in [1.29, 1.82) is 0 Å². The van der Waals surface area contributed by atoms with E-state index in [2.05, 4.69) is 47.0 Å². The van der Waals surface area contributed by atoms with Gasteiger partial charge in [-0.1, -0.05) is 22.0 Å². The minimum atomic E-state index is -0.155. The number of aryl methyl sites for hydroxylation is 2. The summed E-state index contributed by atoms with van der Waals surface area (Å²) in [5.41, 5.74) is 1.77. The van der Waals surface area contributed by atoms with Crippen molar-refractivity contribution in [2.24, 2.45) is 12.0 Å². The SMILES string of the molecule is CN=C(NCC(=O)Nc1cc(Br)ccc1C)NCc1ncnn1C. The summed E-state index contributed by atoms with van der Waals surface area (Å²) in [7, 11) is 3.45. The minimum absolute atomic E-state index is 0.102. The second-order valence-corrected chi connectivity index (χ2v) is 6.00. The number of carbonyl (C=O) groups is 1. The van der Waals surface area contributed by atoms with Crippen LogP contribution in [0.2, 0.25) is 0 Å². The Bertz CT molecular complexity index is 741. The summed E-state index contributed by atoms with van der Waals surface area (Å²) < 4.78 is 2.58. The monoisotopic (exact) mass is 393 g/mol. The molecule has 2 aromatic rings. The number of aromatic nitrogens is 3. The van der Waals surface area contributed by atoms with Gasteiger partial charge in [0.1, 0.15) is 12.2 Å². The standard InChI is InChI=1S/C15H20BrN7O/c1-10-4-5-11(16)6-12(10)22-14(24)8-19-15(17-2)18-7-13-20-9-21-23(13)3/h4-6,9H,7-8H2,1-3H3,(H,22,24)(H2,17,18,19). The molecule has 0 bridgehead atoms. The van der Waals surface area contributed by atoms with Gasteiger partial charge in [-0.05, 0) is 24.6 Å². The minimum Gasteiger partial charge on any atom is -0.349 e. The first-order valence-electron chi connectivity index (χ1n) is 7.33. The molecule has 2 rings (SSSR count). The smallest absolute Gasteiger partial charge is 0.243 e. The molecule has 0 aliphatic heterocycles. The number of carbonyl (C=O) groups excluding carboxylic acids is 1. The first-order valence-corrected chi connectivity index (χ1v) is 8.12. The molecule has 0 fully saturated rings. The topological polar surface area (TPSA) is 96.2 Å². The van der Waals surface area contributed by atoms with Gasteiger partial charge in [0.05, 0.1) is 13.1 Å². The highest BCUT2D eigenvalue weighted by Gasteiger charge is 2.07. The third kappa shape index (κ3) is 5.05. The second kappa shape index (κ2) is 8.44. The highest BCUT2D eigenvalue weighted by Crippen LogP contribution is 2.20. The van der Waals surface area contributed by atoms with Crippen LogP contribution in [-0.2, 0) is 18.4 Å². The molecule has 0 spiro atoms. The molecule has 3 N–H and O–H groups in total. The van der Waals surface area contributed by atoms with Crippen LogP contribution in [0, 0.1) is 6.92 Å². The van der Waals surface area contributed by atoms with Crippen molar-refractivity contribution < 1.29 is 4.79 Å². The van der Waals surface area contributed by atoms with Crippen LogP contribution in [-0.4, -0.2) is 40.2 Å². The van der Waals surface area contributed by atoms with E-state index in [0.717, 1.165) is 21.5 Å². The molecule has 8 nitrogen and oxygen atoms in total. The predicted molar refractivity (Wildman–Crippen MR) is 96.7 cm³/mol. The molecule has 1 aromatic carbocycles. The zero-order chi connectivity index (χ0) is 17.5. The van der Waals surface area contributed by atoms with Crippen LogP contribution in [0.3, 0.4) is 0 Å². The van der Waals surface area contributed by atoms with Gasteiger partial charge in [0.2, 0.25) is 5.91 Å². The molecule has 1 heterocycles. The average molecular weight is 394 g/mol. The summed E-state index contributed by atoms with van der Waals surface area (Å²) >= 11 is 3.40. The molecule has 9 heteroatoms. The fourth-order valence-electron chi connectivity index (χ4n) is 1.95. The Labute approximate surface area is 148 Å². The molecule has 0 radical (unpaired) electrons. The van der Waals surface area contributed by atoms with E-state index in [-0.39, 0.29) is 12.5 Å². The first-order chi connectivity index (χ1) is 11.5. The summed E-state index contributed by atoms with van der Waals surface area (Å²) in [6.45, 7) is 2.50. The quantitative estimate of drug-likeness (QED) is 0.523. The Kier molecular flexibility index (Phi) is 6.30. The lowest BCUT2D eigenvalue weighted by Gasteiger charge is -2.12. The van der Waals surface area contributed by atoms with Crippen LogP contribution in [0.4, 0.5) is 5.69 Å². The van der Waals surface area contributed by atoms with Crippen LogP contribution in [0.5, 0.6) is 0 Å². The molecule has 0 atom stereocenters. The molecule has 1 amide bonds. The highest BCUT2D eigenvalue weighted by molar-refractivity contribution is 9.10. The lowest BCUT2D eigenvalue weighted by atomic mass is 10.2. The number of benzene rings is 1. The van der Waals surface area contributed by atoms with Gasteiger partial charge in [0, 0.05) is 24.3 Å². The maximum Gasteiger partial charge on any atom is 0.243 e. The number of rotatable bonds is 5. The highest BCUT2D eigenvalue weighted by atomic mass is 79.9. The second-order valence-electron chi connectivity index (χ2n) is 5.09. The average Bonchev–Trinajstić information content (AvgIpc) is 2.96. The largest absolute Gasteiger partial charge is 0.349 e. The number of nitrogens with zero attached hydrogens (tertiary/aromatic N) is 4. The van der Waals surface area contributed by atoms with Crippen LogP contribution >= 0.6 is 15.9 Å². The van der Waals surface area contributed by atoms with Crippen molar-refractivity contribution in [2.45, 2.75) is 13.5 Å². The van der Waals surface area contributed by atoms with E-state index in [9.17, 15) is 4.79 Å². The van der Waals surface area contributed by atoms with Gasteiger partial charge < -0.3 is 16.0 Å². The number of hydrogen-bond acceptors (Lipinski definition) is 4. The van der Waals surface area contributed by atoms with E-state index >= 15 is 0 Å². The lowest BCUT2D eigenvalue weighted by molar-refractivity contribution is -0.115. The Morgan fingerprint density at radius 3 is 2.83 bits per heavy atom. The summed E-state index contributed by atoms with van der Waals surface area (Å²) in [6.07, 6.45) is 1.49. The fraction of sp³-hybridized carbons (Fsp3) is 0.333. The Hall–Kier alpha value is -2.42. The van der Waals surface area contributed by atoms with Gasteiger partial charge in [-0.2, -0.15) is 5.10 Å². The van der Waals surface area contributed by atoms with E-state index in [0.29, 0.717) is 12.5 Å². The van der Waals surface area contributed by atoms with Gasteiger partial charge in [0.15, 0.2) is 5.96 Å². The number of halogens is 1. The third-order valence-corrected chi connectivity index (χ3v) is 3.83. The van der Waals surface area contributed by atoms with Gasteiger partial charge in [-0.15, -0.1) is 0 Å². The normalized spacial score (nSPS) is 11.2. The van der Waals surface area contributed by atoms with Crippen molar-refractivity contribution in [3.05, 3.63) is 40.4 Å². The summed E-state index contributed by atoms with van der Waals surface area (Å²) in [5.74, 6) is 1.13. The number of nitrogens with one attached hydrogen (secondary N) is 3. The number of guanidine groups is 1. The van der Waals surface area contributed by atoms with Crippen LogP contribution < -0.4 is 16.0 Å². The summed E-state index contributed by atoms with van der Waals surface area (Å²) in [5, 5.41) is 12.9. The number of hydrogen-bond donors (Lipinski definition) is 3. The van der Waals surface area contributed by atoms with Crippen molar-refractivity contribution in [1.82, 2.24) is 25.4 Å².